The number of carbonyl (C=O) groups is 2. The standard InChI is InChI=1S/C18H18N2O3/c1-12-6-2-3-7-13(12)17(21)19-11-10-16-18(22)20-14-8-4-5-9-15(14)23-16/h2-9,16H,10-11H2,1H3,(H,19,21)(H,20,22). The molecule has 0 radical (unpaired) electrons. The van der Waals surface area contributed by atoms with Gasteiger partial charge in [-0.05, 0) is 30.7 Å². The number of benzene rings is 2. The van der Waals surface area contributed by atoms with Crippen LogP contribution >= 0.6 is 0 Å². The zero-order chi connectivity index (χ0) is 16.2. The number of aryl methyl sites for hydroxylation is 1. The van der Waals surface area contributed by atoms with E-state index in [1.165, 1.54) is 0 Å². The summed E-state index contributed by atoms with van der Waals surface area (Å²) in [5.74, 6) is 0.330. The fraction of sp³-hybridized carbons (Fsp3) is 0.222. The highest BCUT2D eigenvalue weighted by Crippen LogP contribution is 2.29. The molecular weight excluding hydrogens is 292 g/mol. The Kier molecular flexibility index (Phi) is 4.28. The van der Waals surface area contributed by atoms with Gasteiger partial charge in [-0.3, -0.25) is 9.59 Å². The molecule has 5 nitrogen and oxygen atoms in total. The van der Waals surface area contributed by atoms with Crippen LogP contribution in [-0.2, 0) is 4.79 Å². The fourth-order valence-electron chi connectivity index (χ4n) is 2.52. The van der Waals surface area contributed by atoms with Crippen LogP contribution < -0.4 is 15.4 Å². The molecule has 118 valence electrons. The molecule has 23 heavy (non-hydrogen) atoms. The molecule has 1 atom stereocenters. The third-order valence-electron chi connectivity index (χ3n) is 3.79. The molecule has 1 aliphatic heterocycles. The van der Waals surface area contributed by atoms with Gasteiger partial charge in [-0.2, -0.15) is 0 Å². The van der Waals surface area contributed by atoms with Gasteiger partial charge >= 0.3 is 0 Å². The Morgan fingerprint density at radius 1 is 1.17 bits per heavy atom. The van der Waals surface area contributed by atoms with Crippen molar-refractivity contribution in [3.8, 4) is 5.75 Å². The largest absolute Gasteiger partial charge is 0.478 e. The lowest BCUT2D eigenvalue weighted by atomic mass is 10.1. The molecule has 1 unspecified atom stereocenters. The lowest BCUT2D eigenvalue weighted by Gasteiger charge is -2.25. The van der Waals surface area contributed by atoms with Crippen molar-refractivity contribution >= 4 is 17.5 Å². The molecule has 1 aliphatic rings. The van der Waals surface area contributed by atoms with E-state index in [1.54, 1.807) is 12.1 Å². The third-order valence-corrected chi connectivity index (χ3v) is 3.79. The fourth-order valence-corrected chi connectivity index (χ4v) is 2.52. The first kappa shape index (κ1) is 15.1. The van der Waals surface area contributed by atoms with Crippen molar-refractivity contribution in [1.82, 2.24) is 5.32 Å². The molecule has 0 saturated heterocycles. The molecule has 2 amide bonds. The van der Waals surface area contributed by atoms with Crippen LogP contribution in [0.4, 0.5) is 5.69 Å². The predicted molar refractivity (Wildman–Crippen MR) is 87.6 cm³/mol. The first-order chi connectivity index (χ1) is 11.1. The first-order valence-corrected chi connectivity index (χ1v) is 7.55. The van der Waals surface area contributed by atoms with Crippen LogP contribution in [0, 0.1) is 6.92 Å². The number of rotatable bonds is 4. The number of carbonyl (C=O) groups excluding carboxylic acids is 2. The van der Waals surface area contributed by atoms with Crippen molar-refractivity contribution in [3.63, 3.8) is 0 Å². The Morgan fingerprint density at radius 2 is 1.91 bits per heavy atom. The summed E-state index contributed by atoms with van der Waals surface area (Å²) in [4.78, 5) is 24.1. The highest BCUT2D eigenvalue weighted by atomic mass is 16.5. The van der Waals surface area contributed by atoms with Gasteiger partial charge in [0.05, 0.1) is 5.69 Å². The monoisotopic (exact) mass is 310 g/mol. The average molecular weight is 310 g/mol. The van der Waals surface area contributed by atoms with Crippen LogP contribution in [0.5, 0.6) is 5.75 Å². The number of ether oxygens (including phenoxy) is 1. The quantitative estimate of drug-likeness (QED) is 0.912. The molecule has 0 saturated carbocycles. The van der Waals surface area contributed by atoms with E-state index in [0.29, 0.717) is 30.0 Å². The zero-order valence-corrected chi connectivity index (χ0v) is 12.8. The van der Waals surface area contributed by atoms with Gasteiger partial charge in [-0.25, -0.2) is 0 Å². The molecule has 5 heteroatoms. The van der Waals surface area contributed by atoms with Crippen molar-refractivity contribution in [2.24, 2.45) is 0 Å². The van der Waals surface area contributed by atoms with Gasteiger partial charge in [-0.15, -0.1) is 0 Å². The molecule has 2 N–H and O–H groups in total. The summed E-state index contributed by atoms with van der Waals surface area (Å²) in [6, 6.07) is 14.7. The van der Waals surface area contributed by atoms with Crippen molar-refractivity contribution < 1.29 is 14.3 Å². The van der Waals surface area contributed by atoms with Gasteiger partial charge in [0.2, 0.25) is 0 Å². The van der Waals surface area contributed by atoms with Crippen LogP contribution in [0.1, 0.15) is 22.3 Å². The Bertz CT molecular complexity index is 743. The summed E-state index contributed by atoms with van der Waals surface area (Å²) in [6.45, 7) is 2.26. The summed E-state index contributed by atoms with van der Waals surface area (Å²) in [5, 5.41) is 5.64. The van der Waals surface area contributed by atoms with Crippen molar-refractivity contribution in [3.05, 3.63) is 59.7 Å². The SMILES string of the molecule is Cc1ccccc1C(=O)NCCC1Oc2ccccc2NC1=O. The van der Waals surface area contributed by atoms with Gasteiger partial charge in [0.15, 0.2) is 6.10 Å². The molecule has 0 aliphatic carbocycles. The maximum atomic E-state index is 12.1. The van der Waals surface area contributed by atoms with Crippen molar-refractivity contribution in [1.29, 1.82) is 0 Å². The molecule has 0 aromatic heterocycles. The van der Waals surface area contributed by atoms with E-state index >= 15 is 0 Å². The normalized spacial score (nSPS) is 16.0. The van der Waals surface area contributed by atoms with Crippen molar-refractivity contribution in [2.75, 3.05) is 11.9 Å². The van der Waals surface area contributed by atoms with Gasteiger partial charge < -0.3 is 15.4 Å². The summed E-state index contributed by atoms with van der Waals surface area (Å²) >= 11 is 0. The van der Waals surface area contributed by atoms with Crippen LogP contribution in [0.25, 0.3) is 0 Å². The second-order valence-electron chi connectivity index (χ2n) is 5.45. The number of hydrogen-bond acceptors (Lipinski definition) is 3. The minimum Gasteiger partial charge on any atom is -0.478 e. The van der Waals surface area contributed by atoms with Gasteiger partial charge in [0.1, 0.15) is 5.75 Å². The number of anilines is 1. The van der Waals surface area contributed by atoms with E-state index in [-0.39, 0.29) is 11.8 Å². The molecular formula is C18H18N2O3. The van der Waals surface area contributed by atoms with E-state index in [2.05, 4.69) is 10.6 Å². The first-order valence-electron chi connectivity index (χ1n) is 7.55. The van der Waals surface area contributed by atoms with Crippen LogP contribution in [0.3, 0.4) is 0 Å². The van der Waals surface area contributed by atoms with E-state index in [0.717, 1.165) is 5.56 Å². The molecule has 3 rings (SSSR count). The molecule has 0 fully saturated rings. The summed E-state index contributed by atoms with van der Waals surface area (Å²) < 4.78 is 5.69. The highest BCUT2D eigenvalue weighted by molar-refractivity contribution is 5.98. The van der Waals surface area contributed by atoms with Gasteiger partial charge in [0.25, 0.3) is 11.8 Å². The van der Waals surface area contributed by atoms with Crippen molar-refractivity contribution in [2.45, 2.75) is 19.4 Å². The van der Waals surface area contributed by atoms with Crippen LogP contribution in [-0.4, -0.2) is 24.5 Å². The Morgan fingerprint density at radius 3 is 2.74 bits per heavy atom. The second-order valence-corrected chi connectivity index (χ2v) is 5.45. The maximum absolute atomic E-state index is 12.1. The predicted octanol–water partition coefficient (Wildman–Crippen LogP) is 2.51. The second kappa shape index (κ2) is 6.52. The molecule has 2 aromatic carbocycles. The van der Waals surface area contributed by atoms with Gasteiger partial charge in [-0.1, -0.05) is 30.3 Å². The molecule has 0 spiro atoms. The van der Waals surface area contributed by atoms with E-state index in [9.17, 15) is 9.59 Å². The van der Waals surface area contributed by atoms with E-state index in [4.69, 9.17) is 4.74 Å². The number of para-hydroxylation sites is 2. The lowest BCUT2D eigenvalue weighted by Crippen LogP contribution is -2.39. The topological polar surface area (TPSA) is 67.4 Å². The number of hydrogen-bond donors (Lipinski definition) is 2. The minimum absolute atomic E-state index is 0.139. The molecule has 2 aromatic rings. The minimum atomic E-state index is -0.595. The Labute approximate surface area is 134 Å². The maximum Gasteiger partial charge on any atom is 0.265 e. The van der Waals surface area contributed by atoms with Crippen LogP contribution in [0.2, 0.25) is 0 Å². The summed E-state index contributed by atoms with van der Waals surface area (Å²) in [5.41, 5.74) is 2.25. The lowest BCUT2D eigenvalue weighted by molar-refractivity contribution is -0.123. The van der Waals surface area contributed by atoms with Gasteiger partial charge in [0, 0.05) is 18.5 Å². The summed E-state index contributed by atoms with van der Waals surface area (Å²) in [7, 11) is 0. The number of amides is 2. The molecule has 0 bridgehead atoms. The third kappa shape index (κ3) is 3.34. The summed E-state index contributed by atoms with van der Waals surface area (Å²) in [6.07, 6.45) is -0.181. The highest BCUT2D eigenvalue weighted by Gasteiger charge is 2.27. The van der Waals surface area contributed by atoms with E-state index in [1.807, 2.05) is 43.3 Å². The van der Waals surface area contributed by atoms with Crippen LogP contribution in [0.15, 0.2) is 48.5 Å². The Hall–Kier alpha value is -2.82. The number of fused-ring (bicyclic) bond motifs is 1. The van der Waals surface area contributed by atoms with E-state index < -0.39 is 6.10 Å². The number of nitrogens with one attached hydrogen (secondary N) is 2. The average Bonchev–Trinajstić information content (AvgIpc) is 2.55. The smallest absolute Gasteiger partial charge is 0.265 e. The zero-order valence-electron chi connectivity index (χ0n) is 12.8. The Balaban J connectivity index is 1.56. The molecule has 1 heterocycles.